The number of hydrogen-bond donors (Lipinski definition) is 4. The summed E-state index contributed by atoms with van der Waals surface area (Å²) in [5.41, 5.74) is 2.67. The van der Waals surface area contributed by atoms with Gasteiger partial charge in [-0.3, -0.25) is 0 Å². The predicted octanol–water partition coefficient (Wildman–Crippen LogP) is 3.79. The van der Waals surface area contributed by atoms with Gasteiger partial charge in [0.25, 0.3) is 0 Å². The fourth-order valence-corrected chi connectivity index (χ4v) is 2.82. The zero-order chi connectivity index (χ0) is 18.3. The first-order chi connectivity index (χ1) is 12.5. The molecule has 0 saturated carbocycles. The van der Waals surface area contributed by atoms with E-state index in [2.05, 4.69) is 9.97 Å². The molecule has 128 valence electrons. The Hall–Kier alpha value is -3.80. The van der Waals surface area contributed by atoms with E-state index in [0.29, 0.717) is 33.5 Å². The van der Waals surface area contributed by atoms with Crippen molar-refractivity contribution in [1.82, 2.24) is 9.97 Å². The number of nitrogens with zero attached hydrogens (tertiary/aromatic N) is 2. The lowest BCUT2D eigenvalue weighted by Gasteiger charge is -2.13. The lowest BCUT2D eigenvalue weighted by atomic mass is 10.0. The van der Waals surface area contributed by atoms with E-state index in [-0.39, 0.29) is 23.0 Å². The topological polar surface area (TPSA) is 107 Å². The van der Waals surface area contributed by atoms with Crippen molar-refractivity contribution in [3.63, 3.8) is 0 Å². The van der Waals surface area contributed by atoms with Crippen LogP contribution in [0, 0.1) is 0 Å². The molecule has 0 bridgehead atoms. The first-order valence-electron chi connectivity index (χ1n) is 7.84. The van der Waals surface area contributed by atoms with E-state index in [1.165, 1.54) is 36.4 Å². The molecule has 4 aromatic rings. The van der Waals surface area contributed by atoms with Gasteiger partial charge >= 0.3 is 0 Å². The van der Waals surface area contributed by atoms with Gasteiger partial charge in [-0.1, -0.05) is 12.1 Å². The summed E-state index contributed by atoms with van der Waals surface area (Å²) in [5, 5.41) is 39.6. The van der Waals surface area contributed by atoms with Gasteiger partial charge in [-0.2, -0.15) is 0 Å². The summed E-state index contributed by atoms with van der Waals surface area (Å²) in [4.78, 5) is 9.20. The van der Waals surface area contributed by atoms with Crippen LogP contribution >= 0.6 is 0 Å². The molecule has 1 heterocycles. The summed E-state index contributed by atoms with van der Waals surface area (Å²) in [6.45, 7) is 0. The molecule has 0 unspecified atom stereocenters. The number of para-hydroxylation sites is 2. The van der Waals surface area contributed by atoms with E-state index in [4.69, 9.17) is 0 Å². The number of fused-ring (bicyclic) bond motifs is 1. The SMILES string of the molecule is Oc1ccc(-c2nc3ccccc3nc2-c2ccc(O)cc2O)c(O)c1. The van der Waals surface area contributed by atoms with Crippen molar-refractivity contribution in [2.75, 3.05) is 0 Å². The summed E-state index contributed by atoms with van der Waals surface area (Å²) < 4.78 is 0. The van der Waals surface area contributed by atoms with Crippen LogP contribution in [0.4, 0.5) is 0 Å². The maximum Gasteiger partial charge on any atom is 0.128 e. The molecule has 0 saturated heterocycles. The third kappa shape index (κ3) is 2.63. The molecular weight excluding hydrogens is 332 g/mol. The highest BCUT2D eigenvalue weighted by Crippen LogP contribution is 2.40. The summed E-state index contributed by atoms with van der Waals surface area (Å²) >= 11 is 0. The standard InChI is InChI=1S/C20H14N2O4/c23-11-5-7-13(17(25)9-11)19-20(14-8-6-12(24)10-18(14)26)22-16-4-2-1-3-15(16)21-19/h1-10,23-26H. The third-order valence-corrected chi connectivity index (χ3v) is 4.04. The zero-order valence-corrected chi connectivity index (χ0v) is 13.5. The molecule has 4 N–H and O–H groups in total. The second-order valence-electron chi connectivity index (χ2n) is 5.81. The van der Waals surface area contributed by atoms with Gasteiger partial charge in [0.05, 0.1) is 11.0 Å². The number of rotatable bonds is 2. The molecule has 1 aromatic heterocycles. The van der Waals surface area contributed by atoms with E-state index in [1.54, 1.807) is 12.1 Å². The van der Waals surface area contributed by atoms with E-state index in [1.807, 2.05) is 12.1 Å². The molecule has 0 fully saturated rings. The van der Waals surface area contributed by atoms with E-state index in [0.717, 1.165) is 0 Å². The van der Waals surface area contributed by atoms with E-state index >= 15 is 0 Å². The second-order valence-corrected chi connectivity index (χ2v) is 5.81. The Morgan fingerprint density at radius 3 is 1.35 bits per heavy atom. The Kier molecular flexibility index (Phi) is 3.58. The third-order valence-electron chi connectivity index (χ3n) is 4.04. The molecule has 0 radical (unpaired) electrons. The highest BCUT2D eigenvalue weighted by Gasteiger charge is 2.18. The lowest BCUT2D eigenvalue weighted by molar-refractivity contribution is 0.450. The fraction of sp³-hybridized carbons (Fsp3) is 0. The quantitative estimate of drug-likeness (QED) is 0.440. The number of phenolic OH excluding ortho intramolecular Hbond substituents is 4. The Morgan fingerprint density at radius 2 is 0.962 bits per heavy atom. The van der Waals surface area contributed by atoms with Gasteiger partial charge in [-0.15, -0.1) is 0 Å². The van der Waals surface area contributed by atoms with Crippen molar-refractivity contribution in [3.05, 3.63) is 60.7 Å². The van der Waals surface area contributed by atoms with Crippen molar-refractivity contribution in [1.29, 1.82) is 0 Å². The summed E-state index contributed by atoms with van der Waals surface area (Å²) in [6.07, 6.45) is 0. The van der Waals surface area contributed by atoms with Gasteiger partial charge in [-0.05, 0) is 36.4 Å². The minimum atomic E-state index is -0.158. The Labute approximate surface area is 148 Å². The number of aromatic hydroxyl groups is 4. The largest absolute Gasteiger partial charge is 0.508 e. The van der Waals surface area contributed by atoms with Crippen LogP contribution in [0.25, 0.3) is 33.5 Å². The summed E-state index contributed by atoms with van der Waals surface area (Å²) in [7, 11) is 0. The number of aromatic nitrogens is 2. The molecule has 26 heavy (non-hydrogen) atoms. The van der Waals surface area contributed by atoms with Gasteiger partial charge in [-0.25, -0.2) is 9.97 Å². The van der Waals surface area contributed by atoms with Crippen molar-refractivity contribution in [2.24, 2.45) is 0 Å². The zero-order valence-electron chi connectivity index (χ0n) is 13.5. The average Bonchev–Trinajstić information content (AvgIpc) is 2.61. The molecule has 0 aliphatic heterocycles. The Morgan fingerprint density at radius 1 is 0.538 bits per heavy atom. The van der Waals surface area contributed by atoms with Crippen molar-refractivity contribution in [2.45, 2.75) is 0 Å². The van der Waals surface area contributed by atoms with Crippen LogP contribution in [0.5, 0.6) is 23.0 Å². The number of hydrogen-bond acceptors (Lipinski definition) is 6. The minimum absolute atomic E-state index is 0.0750. The predicted molar refractivity (Wildman–Crippen MR) is 97.1 cm³/mol. The average molecular weight is 346 g/mol. The molecule has 4 rings (SSSR count). The monoisotopic (exact) mass is 346 g/mol. The van der Waals surface area contributed by atoms with Gasteiger partial charge in [0, 0.05) is 23.3 Å². The number of phenols is 4. The van der Waals surface area contributed by atoms with Crippen LogP contribution in [-0.2, 0) is 0 Å². The molecular formula is C20H14N2O4. The molecule has 6 heteroatoms. The van der Waals surface area contributed by atoms with Gasteiger partial charge in [0.1, 0.15) is 34.4 Å². The fourth-order valence-electron chi connectivity index (χ4n) is 2.82. The lowest BCUT2D eigenvalue weighted by Crippen LogP contribution is -1.96. The van der Waals surface area contributed by atoms with Gasteiger partial charge in [0.2, 0.25) is 0 Å². The normalized spacial score (nSPS) is 10.9. The van der Waals surface area contributed by atoms with E-state index in [9.17, 15) is 20.4 Å². The van der Waals surface area contributed by atoms with Crippen LogP contribution in [0.3, 0.4) is 0 Å². The summed E-state index contributed by atoms with van der Waals surface area (Å²) in [5.74, 6) is -0.466. The smallest absolute Gasteiger partial charge is 0.128 e. The molecule has 6 nitrogen and oxygen atoms in total. The first kappa shape index (κ1) is 15.7. The molecule has 0 spiro atoms. The molecule has 0 amide bonds. The second kappa shape index (κ2) is 5.93. The minimum Gasteiger partial charge on any atom is -0.508 e. The van der Waals surface area contributed by atoms with E-state index < -0.39 is 0 Å². The van der Waals surface area contributed by atoms with Crippen molar-refractivity contribution >= 4 is 11.0 Å². The maximum atomic E-state index is 10.3. The van der Waals surface area contributed by atoms with Gasteiger partial charge < -0.3 is 20.4 Å². The Bertz CT molecular complexity index is 1050. The van der Waals surface area contributed by atoms with Crippen molar-refractivity contribution < 1.29 is 20.4 Å². The van der Waals surface area contributed by atoms with Crippen LogP contribution < -0.4 is 0 Å². The number of benzene rings is 3. The van der Waals surface area contributed by atoms with Gasteiger partial charge in [0.15, 0.2) is 0 Å². The van der Waals surface area contributed by atoms with Crippen LogP contribution in [-0.4, -0.2) is 30.4 Å². The van der Waals surface area contributed by atoms with Crippen LogP contribution in [0.15, 0.2) is 60.7 Å². The van der Waals surface area contributed by atoms with Crippen LogP contribution in [0.1, 0.15) is 0 Å². The van der Waals surface area contributed by atoms with Crippen molar-refractivity contribution in [3.8, 4) is 45.5 Å². The Balaban J connectivity index is 2.07. The molecule has 0 aliphatic rings. The molecule has 3 aromatic carbocycles. The molecule has 0 atom stereocenters. The highest BCUT2D eigenvalue weighted by atomic mass is 16.3. The maximum absolute atomic E-state index is 10.3. The molecule has 0 aliphatic carbocycles. The highest BCUT2D eigenvalue weighted by molar-refractivity contribution is 5.89. The summed E-state index contributed by atoms with van der Waals surface area (Å²) in [6, 6.07) is 15.6. The van der Waals surface area contributed by atoms with Crippen LogP contribution in [0.2, 0.25) is 0 Å². The first-order valence-corrected chi connectivity index (χ1v) is 7.84.